The van der Waals surface area contributed by atoms with E-state index in [0.717, 1.165) is 6.42 Å². The van der Waals surface area contributed by atoms with Gasteiger partial charge in [-0.1, -0.05) is 77.9 Å². The fraction of sp³-hybridized carbons (Fsp3) is 0.267. The number of rotatable bonds is 5. The molecule has 1 aliphatic rings. The Bertz CT molecular complexity index is 1320. The van der Waals surface area contributed by atoms with Crippen molar-refractivity contribution in [1.82, 2.24) is 0 Å². The van der Waals surface area contributed by atoms with Crippen LogP contribution in [-0.2, 0) is 28.7 Å². The second kappa shape index (κ2) is 12.8. The fourth-order valence-corrected chi connectivity index (χ4v) is 6.45. The molecule has 0 aromatic heterocycles. The molecule has 0 bridgehead atoms. The summed E-state index contributed by atoms with van der Waals surface area (Å²) in [5, 5.41) is 5.41. The summed E-state index contributed by atoms with van der Waals surface area (Å²) in [6.07, 6.45) is 3.61. The molecule has 5 heteroatoms. The van der Waals surface area contributed by atoms with Gasteiger partial charge < -0.3 is 29.2 Å². The maximum Gasteiger partial charge on any atom is -1.00 e. The van der Waals surface area contributed by atoms with Crippen LogP contribution in [0.1, 0.15) is 42.9 Å². The number of hydrogen-bond donors (Lipinski definition) is 0. The van der Waals surface area contributed by atoms with Crippen LogP contribution in [0, 0.1) is 0 Å². The Morgan fingerprint density at radius 2 is 1.51 bits per heavy atom. The summed E-state index contributed by atoms with van der Waals surface area (Å²) in [7, 11) is -1.57. The Kier molecular flexibility index (Phi) is 11.0. The Balaban J connectivity index is 0.000000823. The van der Waals surface area contributed by atoms with Gasteiger partial charge in [-0.05, 0) is 44.1 Å². The van der Waals surface area contributed by atoms with E-state index in [9.17, 15) is 0 Å². The third kappa shape index (κ3) is 6.76. The van der Waals surface area contributed by atoms with Crippen LogP contribution in [0.5, 0.6) is 0 Å². The van der Waals surface area contributed by atoms with Crippen LogP contribution in [0.3, 0.4) is 0 Å². The minimum Gasteiger partial charge on any atom is -1.00 e. The van der Waals surface area contributed by atoms with Gasteiger partial charge in [0, 0.05) is 12.0 Å². The molecule has 1 nitrogen and oxygen atoms in total. The maximum atomic E-state index is 6.42. The topological polar surface area (TPSA) is 9.23 Å². The predicted molar refractivity (Wildman–Crippen MR) is 144 cm³/mol. The summed E-state index contributed by atoms with van der Waals surface area (Å²) < 4.78 is 8.51. The first-order valence-corrected chi connectivity index (χ1v) is 16.6. The van der Waals surface area contributed by atoms with E-state index in [1.165, 1.54) is 68.0 Å². The van der Waals surface area contributed by atoms with E-state index in [1.54, 1.807) is 0 Å². The molecule has 1 aliphatic carbocycles. The summed E-state index contributed by atoms with van der Waals surface area (Å²) in [6.45, 7) is 11.1. The zero-order chi connectivity index (χ0) is 23.6. The molecular weight excluding hydrogens is 567 g/mol. The summed E-state index contributed by atoms with van der Waals surface area (Å²) in [4.78, 5) is 0. The minimum atomic E-state index is -1.57. The molecular formula is C30H33Cl2OSiZr-. The summed E-state index contributed by atoms with van der Waals surface area (Å²) >= 11 is 1.51. The fourth-order valence-electron chi connectivity index (χ4n) is 5.16. The first-order valence-electron chi connectivity index (χ1n) is 11.8. The zero-order valence-corrected chi connectivity index (χ0v) is 26.1. The van der Waals surface area contributed by atoms with Gasteiger partial charge in [0.05, 0.1) is 0 Å². The Hall–Kier alpha value is -1.22. The molecule has 2 atom stereocenters. The number of halogens is 2. The normalized spacial score (nSPS) is 15.3. The first-order chi connectivity index (χ1) is 15.8. The molecule has 4 aromatic carbocycles. The Morgan fingerprint density at radius 1 is 0.914 bits per heavy atom. The van der Waals surface area contributed by atoms with Crippen LogP contribution in [-0.4, -0.2) is 18.1 Å². The molecule has 35 heavy (non-hydrogen) atoms. The SMILES string of the molecule is CC(CC1=Cc2ccccc2C1c1cccc2c1[cH-]c1ccccc12)O[Si](C)(C)C.C[CH]=[Zr+2].[Cl-].[Cl-]. The molecule has 0 heterocycles. The van der Waals surface area contributed by atoms with Gasteiger partial charge in [-0.3, -0.25) is 0 Å². The van der Waals surface area contributed by atoms with Gasteiger partial charge in [-0.15, -0.1) is 33.7 Å². The van der Waals surface area contributed by atoms with Crippen molar-refractivity contribution in [2.24, 2.45) is 0 Å². The smallest absolute Gasteiger partial charge is 1.00 e. The van der Waals surface area contributed by atoms with Gasteiger partial charge in [0.25, 0.3) is 0 Å². The van der Waals surface area contributed by atoms with E-state index >= 15 is 0 Å². The van der Waals surface area contributed by atoms with Crippen LogP contribution in [0.2, 0.25) is 19.6 Å². The van der Waals surface area contributed by atoms with Gasteiger partial charge in [0.1, 0.15) is 0 Å². The largest absolute Gasteiger partial charge is 1.00 e. The van der Waals surface area contributed by atoms with Gasteiger partial charge in [-0.25, -0.2) is 0 Å². The van der Waals surface area contributed by atoms with Crippen molar-refractivity contribution in [3.05, 3.63) is 95.1 Å². The molecule has 0 saturated heterocycles. The van der Waals surface area contributed by atoms with Gasteiger partial charge >= 0.3 is 34.9 Å². The minimum absolute atomic E-state index is 0. The third-order valence-corrected chi connectivity index (χ3v) is 7.21. The molecule has 4 aromatic rings. The van der Waals surface area contributed by atoms with E-state index in [2.05, 4.69) is 109 Å². The van der Waals surface area contributed by atoms with Crippen molar-refractivity contribution in [3.63, 3.8) is 0 Å². The number of fused-ring (bicyclic) bond motifs is 4. The van der Waals surface area contributed by atoms with E-state index in [-0.39, 0.29) is 30.9 Å². The third-order valence-electron chi connectivity index (χ3n) is 6.10. The van der Waals surface area contributed by atoms with Crippen LogP contribution in [0.4, 0.5) is 0 Å². The van der Waals surface area contributed by atoms with E-state index in [0.29, 0.717) is 5.92 Å². The molecule has 0 radical (unpaired) electrons. The average molecular weight is 600 g/mol. The van der Waals surface area contributed by atoms with E-state index in [4.69, 9.17) is 4.43 Å². The molecule has 2 unspecified atom stereocenters. The standard InChI is InChI=1S/C28H29OSi.C2H4.2ClH.Zr/c1-19(29-30(2,3)4)16-22-17-20-10-6-8-13-24(20)28(22)26-15-9-14-25-23-12-7-5-11-21(23)18-27(25)26;1-2;;;/h5-15,17-19,28H,16H2,1-4H3;1H,2H3;2*1H;/q-1;;;;+2/p-2. The van der Waals surface area contributed by atoms with Crippen LogP contribution >= 0.6 is 0 Å². The van der Waals surface area contributed by atoms with E-state index < -0.39 is 8.32 Å². The molecule has 0 spiro atoms. The van der Waals surface area contributed by atoms with Crippen molar-refractivity contribution in [2.75, 3.05) is 0 Å². The van der Waals surface area contributed by atoms with Crippen molar-refractivity contribution in [1.29, 1.82) is 0 Å². The van der Waals surface area contributed by atoms with Crippen LogP contribution in [0.25, 0.3) is 27.6 Å². The number of hydrogen-bond acceptors (Lipinski definition) is 1. The summed E-state index contributed by atoms with van der Waals surface area (Å²) in [6, 6.07) is 26.8. The molecule has 0 amide bonds. The summed E-state index contributed by atoms with van der Waals surface area (Å²) in [5.74, 6) is 0.300. The van der Waals surface area contributed by atoms with Crippen molar-refractivity contribution < 1.29 is 53.5 Å². The molecule has 5 rings (SSSR count). The van der Waals surface area contributed by atoms with Crippen LogP contribution < -0.4 is 24.8 Å². The summed E-state index contributed by atoms with van der Waals surface area (Å²) in [5.41, 5.74) is 5.66. The van der Waals surface area contributed by atoms with Crippen LogP contribution in [0.15, 0.2) is 78.4 Å². The maximum absolute atomic E-state index is 6.42. The molecule has 0 fully saturated rings. The molecule has 0 N–H and O–H groups in total. The quantitative estimate of drug-likeness (QED) is 0.253. The second-order valence-corrected chi connectivity index (χ2v) is 15.7. The second-order valence-electron chi connectivity index (χ2n) is 9.85. The molecule has 0 saturated carbocycles. The van der Waals surface area contributed by atoms with Crippen molar-refractivity contribution in [2.45, 2.75) is 51.9 Å². The van der Waals surface area contributed by atoms with E-state index in [1.807, 2.05) is 6.92 Å². The Morgan fingerprint density at radius 3 is 2.23 bits per heavy atom. The zero-order valence-electron chi connectivity index (χ0n) is 21.1. The van der Waals surface area contributed by atoms with Crippen molar-refractivity contribution in [3.8, 4) is 0 Å². The van der Waals surface area contributed by atoms with Crippen molar-refractivity contribution >= 4 is 39.6 Å². The molecule has 0 aliphatic heterocycles. The number of benzene rings is 3. The van der Waals surface area contributed by atoms with Gasteiger partial charge in [0.15, 0.2) is 8.32 Å². The predicted octanol–water partition coefficient (Wildman–Crippen LogP) is 2.23. The van der Waals surface area contributed by atoms with Gasteiger partial charge in [0.2, 0.25) is 0 Å². The monoisotopic (exact) mass is 597 g/mol. The van der Waals surface area contributed by atoms with Gasteiger partial charge in [-0.2, -0.15) is 0 Å². The molecule has 182 valence electrons. The average Bonchev–Trinajstić information content (AvgIpc) is 3.31. The first kappa shape index (κ1) is 30.0. The Labute approximate surface area is 238 Å².